The summed E-state index contributed by atoms with van der Waals surface area (Å²) in [7, 11) is 1.74. The third-order valence-corrected chi connectivity index (χ3v) is 1.98. The van der Waals surface area contributed by atoms with Gasteiger partial charge in [0.25, 0.3) is 0 Å². The smallest absolute Gasteiger partial charge is 0.151 e. The number of aryl methyl sites for hydroxylation is 1. The van der Waals surface area contributed by atoms with Crippen LogP contribution in [0.4, 0.5) is 4.39 Å². The van der Waals surface area contributed by atoms with Crippen molar-refractivity contribution < 1.29 is 9.18 Å². The zero-order valence-electron chi connectivity index (χ0n) is 8.01. The monoisotopic (exact) mass is 205 g/mol. The number of hydrogen-bond donors (Lipinski definition) is 0. The molecule has 0 bridgehead atoms. The van der Waals surface area contributed by atoms with Gasteiger partial charge in [-0.15, -0.1) is 0 Å². The van der Waals surface area contributed by atoms with Crippen LogP contribution in [0, 0.1) is 5.82 Å². The highest BCUT2D eigenvalue weighted by Gasteiger charge is 2.09. The highest BCUT2D eigenvalue weighted by molar-refractivity contribution is 5.75. The number of carbonyl (C=O) groups is 1. The minimum atomic E-state index is -0.521. The average Bonchev–Trinajstić information content (AvgIpc) is 2.64. The molecule has 0 spiro atoms. The lowest BCUT2D eigenvalue weighted by Gasteiger charge is -1.98. The molecule has 0 unspecified atom stereocenters. The number of nitrogens with zero attached hydrogens (tertiary/aromatic N) is 3. The van der Waals surface area contributed by atoms with Gasteiger partial charge >= 0.3 is 0 Å². The molecule has 0 atom stereocenters. The molecule has 0 aliphatic rings. The van der Waals surface area contributed by atoms with Crippen molar-refractivity contribution in [1.29, 1.82) is 0 Å². The highest BCUT2D eigenvalue weighted by Crippen LogP contribution is 2.19. The van der Waals surface area contributed by atoms with Crippen molar-refractivity contribution in [2.75, 3.05) is 0 Å². The molecule has 0 aliphatic heterocycles. The van der Waals surface area contributed by atoms with Gasteiger partial charge in [-0.05, 0) is 6.07 Å². The summed E-state index contributed by atoms with van der Waals surface area (Å²) in [6, 6.07) is 1.16. The molecule has 5 heteroatoms. The summed E-state index contributed by atoms with van der Waals surface area (Å²) in [6.45, 7) is 0. The summed E-state index contributed by atoms with van der Waals surface area (Å²) in [6.07, 6.45) is 5.07. The number of halogens is 1. The van der Waals surface area contributed by atoms with Crippen LogP contribution in [0.3, 0.4) is 0 Å². The van der Waals surface area contributed by atoms with E-state index in [9.17, 15) is 9.18 Å². The van der Waals surface area contributed by atoms with Gasteiger partial charge in [0.05, 0.1) is 6.20 Å². The van der Waals surface area contributed by atoms with E-state index >= 15 is 0 Å². The molecule has 76 valence electrons. The SMILES string of the molecule is Cn1cc(-c2ncc(C=O)cc2F)cn1. The first-order valence-corrected chi connectivity index (χ1v) is 4.30. The van der Waals surface area contributed by atoms with Gasteiger partial charge in [-0.3, -0.25) is 14.5 Å². The van der Waals surface area contributed by atoms with E-state index in [1.54, 1.807) is 17.9 Å². The fraction of sp³-hybridized carbons (Fsp3) is 0.100. The Balaban J connectivity index is 2.49. The van der Waals surface area contributed by atoms with Crippen LogP contribution in [0.15, 0.2) is 24.7 Å². The number of pyridine rings is 1. The Morgan fingerprint density at radius 2 is 2.27 bits per heavy atom. The quantitative estimate of drug-likeness (QED) is 0.697. The Hall–Kier alpha value is -2.04. The maximum Gasteiger partial charge on any atom is 0.151 e. The van der Waals surface area contributed by atoms with Crippen LogP contribution < -0.4 is 0 Å². The van der Waals surface area contributed by atoms with E-state index in [1.165, 1.54) is 12.4 Å². The first-order valence-electron chi connectivity index (χ1n) is 4.30. The van der Waals surface area contributed by atoms with Gasteiger partial charge in [0, 0.05) is 30.6 Å². The largest absolute Gasteiger partial charge is 0.298 e. The standard InChI is InChI=1S/C10H8FN3O/c1-14-5-8(4-13-14)10-9(11)2-7(6-15)3-12-10/h2-6H,1H3. The highest BCUT2D eigenvalue weighted by atomic mass is 19.1. The van der Waals surface area contributed by atoms with Crippen LogP contribution in [-0.4, -0.2) is 21.1 Å². The third-order valence-electron chi connectivity index (χ3n) is 1.98. The van der Waals surface area contributed by atoms with Crippen LogP contribution in [-0.2, 0) is 7.05 Å². The van der Waals surface area contributed by atoms with Crippen LogP contribution in [0.2, 0.25) is 0 Å². The van der Waals surface area contributed by atoms with Gasteiger partial charge < -0.3 is 0 Å². The summed E-state index contributed by atoms with van der Waals surface area (Å²) < 4.78 is 15.0. The maximum atomic E-state index is 13.5. The van der Waals surface area contributed by atoms with E-state index in [2.05, 4.69) is 10.1 Å². The molecule has 2 aromatic rings. The molecule has 0 amide bonds. The van der Waals surface area contributed by atoms with Crippen molar-refractivity contribution in [3.05, 3.63) is 36.0 Å². The Labute approximate surface area is 85.4 Å². The molecule has 2 aromatic heterocycles. The van der Waals surface area contributed by atoms with E-state index in [4.69, 9.17) is 0 Å². The minimum absolute atomic E-state index is 0.203. The molecular weight excluding hydrogens is 197 g/mol. The molecule has 4 nitrogen and oxygen atoms in total. The van der Waals surface area contributed by atoms with Gasteiger partial charge in [-0.1, -0.05) is 0 Å². The molecule has 0 aromatic carbocycles. The first-order chi connectivity index (χ1) is 7.20. The number of rotatable bonds is 2. The summed E-state index contributed by atoms with van der Waals surface area (Å²) >= 11 is 0. The van der Waals surface area contributed by atoms with E-state index in [1.807, 2.05) is 0 Å². The summed E-state index contributed by atoms with van der Waals surface area (Å²) in [4.78, 5) is 14.3. The van der Waals surface area contributed by atoms with E-state index in [0.717, 1.165) is 6.07 Å². The number of carbonyl (C=O) groups excluding carboxylic acids is 1. The zero-order valence-corrected chi connectivity index (χ0v) is 8.01. The second-order valence-corrected chi connectivity index (χ2v) is 3.12. The molecule has 2 heterocycles. The zero-order chi connectivity index (χ0) is 10.8. The average molecular weight is 205 g/mol. The molecule has 0 saturated carbocycles. The van der Waals surface area contributed by atoms with Crippen molar-refractivity contribution in [3.8, 4) is 11.3 Å². The molecule has 0 aliphatic carbocycles. The normalized spacial score (nSPS) is 10.3. The van der Waals surface area contributed by atoms with Gasteiger partial charge in [-0.2, -0.15) is 5.10 Å². The van der Waals surface area contributed by atoms with Crippen LogP contribution in [0.1, 0.15) is 10.4 Å². The second-order valence-electron chi connectivity index (χ2n) is 3.12. The molecule has 0 fully saturated rings. The van der Waals surface area contributed by atoms with Crippen molar-refractivity contribution in [2.45, 2.75) is 0 Å². The fourth-order valence-corrected chi connectivity index (χ4v) is 1.27. The van der Waals surface area contributed by atoms with Gasteiger partial charge in [-0.25, -0.2) is 4.39 Å². The summed E-state index contributed by atoms with van der Waals surface area (Å²) in [5.41, 5.74) is 1.02. The number of aromatic nitrogens is 3. The lowest BCUT2D eigenvalue weighted by Crippen LogP contribution is -1.91. The van der Waals surface area contributed by atoms with Crippen molar-refractivity contribution in [3.63, 3.8) is 0 Å². The van der Waals surface area contributed by atoms with Crippen molar-refractivity contribution >= 4 is 6.29 Å². The Kier molecular flexibility index (Phi) is 2.29. The molecular formula is C10H8FN3O. The predicted octanol–water partition coefficient (Wildman–Crippen LogP) is 1.43. The molecule has 0 N–H and O–H groups in total. The fourth-order valence-electron chi connectivity index (χ4n) is 1.27. The topological polar surface area (TPSA) is 47.8 Å². The van der Waals surface area contributed by atoms with Crippen LogP contribution in [0.5, 0.6) is 0 Å². The minimum Gasteiger partial charge on any atom is -0.298 e. The maximum absolute atomic E-state index is 13.5. The van der Waals surface area contributed by atoms with Crippen molar-refractivity contribution in [2.24, 2.45) is 7.05 Å². The van der Waals surface area contributed by atoms with Crippen molar-refractivity contribution in [1.82, 2.24) is 14.8 Å². The summed E-state index contributed by atoms with van der Waals surface area (Å²) in [5, 5.41) is 3.92. The van der Waals surface area contributed by atoms with Gasteiger partial charge in [0.2, 0.25) is 0 Å². The van der Waals surface area contributed by atoms with E-state index < -0.39 is 5.82 Å². The van der Waals surface area contributed by atoms with E-state index in [0.29, 0.717) is 11.8 Å². The number of hydrogen-bond acceptors (Lipinski definition) is 3. The van der Waals surface area contributed by atoms with Crippen LogP contribution >= 0.6 is 0 Å². The second kappa shape index (κ2) is 3.61. The Morgan fingerprint density at radius 1 is 1.47 bits per heavy atom. The predicted molar refractivity (Wildman–Crippen MR) is 51.8 cm³/mol. The van der Waals surface area contributed by atoms with Crippen LogP contribution in [0.25, 0.3) is 11.3 Å². The lowest BCUT2D eigenvalue weighted by molar-refractivity contribution is 0.112. The third kappa shape index (κ3) is 1.76. The van der Waals surface area contributed by atoms with Gasteiger partial charge in [0.15, 0.2) is 6.29 Å². The molecule has 0 radical (unpaired) electrons. The van der Waals surface area contributed by atoms with Gasteiger partial charge in [0.1, 0.15) is 11.5 Å². The number of aldehydes is 1. The molecule has 0 saturated heterocycles. The lowest BCUT2D eigenvalue weighted by atomic mass is 10.2. The molecule has 2 rings (SSSR count). The Bertz CT molecular complexity index is 507. The van der Waals surface area contributed by atoms with E-state index in [-0.39, 0.29) is 11.3 Å². The first kappa shape index (κ1) is 9.51. The summed E-state index contributed by atoms with van der Waals surface area (Å²) in [5.74, 6) is -0.521. The molecule has 15 heavy (non-hydrogen) atoms. The Morgan fingerprint density at radius 3 is 2.80 bits per heavy atom.